The first-order valence-corrected chi connectivity index (χ1v) is 9.79. The predicted molar refractivity (Wildman–Crippen MR) is 118 cm³/mol. The third-order valence-corrected chi connectivity index (χ3v) is 5.20. The maximum Gasteiger partial charge on any atom is 0.0978 e. The van der Waals surface area contributed by atoms with Gasteiger partial charge in [-0.2, -0.15) is 0 Å². The molecule has 5 aromatic rings. The smallest absolute Gasteiger partial charge is 0.0978 e. The van der Waals surface area contributed by atoms with Gasteiger partial charge >= 0.3 is 0 Å². The molecule has 0 aliphatic carbocycles. The molecule has 6 rings (SSSR count). The largest absolute Gasteiger partial charge is 0.245 e. The molecular formula is C26H20N2. The van der Waals surface area contributed by atoms with Crippen molar-refractivity contribution in [3.63, 3.8) is 0 Å². The van der Waals surface area contributed by atoms with Gasteiger partial charge in [-0.15, -0.1) is 0 Å². The second-order valence-corrected chi connectivity index (χ2v) is 6.66. The molecule has 1 aliphatic heterocycles. The number of rotatable bonds is 0. The fraction of sp³-hybridized carbons (Fsp3) is 0.0769. The van der Waals surface area contributed by atoms with E-state index in [0.29, 0.717) is 0 Å². The van der Waals surface area contributed by atoms with Gasteiger partial charge in [0.05, 0.1) is 22.1 Å². The Morgan fingerprint density at radius 3 is 1.36 bits per heavy atom. The minimum absolute atomic E-state index is 0.961. The Bertz CT molecular complexity index is 1370. The van der Waals surface area contributed by atoms with Gasteiger partial charge in [0.1, 0.15) is 0 Å². The van der Waals surface area contributed by atoms with Gasteiger partial charge in [-0.05, 0) is 28.3 Å². The van der Waals surface area contributed by atoms with Crippen molar-refractivity contribution in [1.29, 1.82) is 0 Å². The SMILES string of the molecule is CC.c1cc2c3c(cccc3c1)N=c1c(c3ccccc3c3ccccc13)=N2. The molecule has 0 unspecified atom stereocenters. The molecule has 0 amide bonds. The van der Waals surface area contributed by atoms with E-state index in [9.17, 15) is 0 Å². The topological polar surface area (TPSA) is 24.7 Å². The second kappa shape index (κ2) is 6.58. The van der Waals surface area contributed by atoms with Crippen LogP contribution in [0.1, 0.15) is 13.8 Å². The lowest BCUT2D eigenvalue weighted by molar-refractivity contribution is 1.31. The molecule has 134 valence electrons. The number of hydrogen-bond acceptors (Lipinski definition) is 2. The number of hydrogen-bond donors (Lipinski definition) is 0. The average Bonchev–Trinajstić information content (AvgIpc) is 2.94. The average molecular weight is 360 g/mol. The van der Waals surface area contributed by atoms with Crippen LogP contribution in [0.2, 0.25) is 0 Å². The van der Waals surface area contributed by atoms with Crippen molar-refractivity contribution in [2.24, 2.45) is 9.98 Å². The van der Waals surface area contributed by atoms with Crippen molar-refractivity contribution >= 4 is 43.7 Å². The van der Waals surface area contributed by atoms with Crippen LogP contribution >= 0.6 is 0 Å². The van der Waals surface area contributed by atoms with Crippen molar-refractivity contribution < 1.29 is 0 Å². The standard InChI is InChI=1S/C24H14N2.C2H6/c1-3-11-18-16(9-1)17-10-2-4-12-19(17)24-23(18)25-20-13-5-7-15-8-6-14-21(26-24)22(15)20;1-2/h1-14H;1-2H3. The Labute approximate surface area is 163 Å². The van der Waals surface area contributed by atoms with Crippen molar-refractivity contribution in [2.75, 3.05) is 0 Å². The van der Waals surface area contributed by atoms with Gasteiger partial charge in [-0.25, -0.2) is 9.98 Å². The van der Waals surface area contributed by atoms with E-state index < -0.39 is 0 Å². The van der Waals surface area contributed by atoms with Crippen LogP contribution in [-0.4, -0.2) is 0 Å². The third-order valence-electron chi connectivity index (χ3n) is 5.20. The predicted octanol–water partition coefficient (Wildman–Crippen LogP) is 6.39. The summed E-state index contributed by atoms with van der Waals surface area (Å²) in [5.41, 5.74) is 1.97. The Kier molecular flexibility index (Phi) is 3.91. The fourth-order valence-corrected chi connectivity index (χ4v) is 4.06. The van der Waals surface area contributed by atoms with Gasteiger partial charge in [0.25, 0.3) is 0 Å². The summed E-state index contributed by atoms with van der Waals surface area (Å²) in [7, 11) is 0. The second-order valence-electron chi connectivity index (χ2n) is 6.66. The van der Waals surface area contributed by atoms with Crippen LogP contribution in [0.3, 0.4) is 0 Å². The highest BCUT2D eigenvalue weighted by Crippen LogP contribution is 2.35. The first-order chi connectivity index (χ1) is 13.9. The van der Waals surface area contributed by atoms with Gasteiger partial charge in [0.15, 0.2) is 0 Å². The Morgan fingerprint density at radius 1 is 0.464 bits per heavy atom. The summed E-state index contributed by atoms with van der Waals surface area (Å²) in [4.78, 5) is 10.2. The van der Waals surface area contributed by atoms with Crippen LogP contribution in [0.4, 0.5) is 11.4 Å². The molecule has 2 heteroatoms. The highest BCUT2D eigenvalue weighted by Gasteiger charge is 2.13. The minimum atomic E-state index is 0.961. The van der Waals surface area contributed by atoms with Gasteiger partial charge in [0, 0.05) is 16.2 Å². The molecular weight excluding hydrogens is 340 g/mol. The molecule has 2 nitrogen and oxygen atoms in total. The normalized spacial score (nSPS) is 11.8. The van der Waals surface area contributed by atoms with Crippen LogP contribution in [0.15, 0.2) is 94.9 Å². The zero-order valence-corrected chi connectivity index (χ0v) is 16.0. The quantitative estimate of drug-likeness (QED) is 0.280. The van der Waals surface area contributed by atoms with Gasteiger partial charge < -0.3 is 0 Å². The molecule has 0 N–H and O–H groups in total. The summed E-state index contributed by atoms with van der Waals surface area (Å²) in [6.07, 6.45) is 0. The van der Waals surface area contributed by atoms with Crippen molar-refractivity contribution in [2.45, 2.75) is 13.8 Å². The highest BCUT2D eigenvalue weighted by atomic mass is 14.8. The van der Waals surface area contributed by atoms with E-state index in [0.717, 1.165) is 38.2 Å². The molecule has 0 radical (unpaired) electrons. The summed E-state index contributed by atoms with van der Waals surface area (Å²) in [6.45, 7) is 4.00. The third kappa shape index (κ3) is 2.35. The maximum atomic E-state index is 5.11. The van der Waals surface area contributed by atoms with Gasteiger partial charge in [-0.1, -0.05) is 86.6 Å². The Hall–Kier alpha value is -3.52. The zero-order chi connectivity index (χ0) is 19.1. The number of nitrogens with zero attached hydrogens (tertiary/aromatic N) is 2. The molecule has 28 heavy (non-hydrogen) atoms. The highest BCUT2D eigenvalue weighted by molar-refractivity contribution is 6.08. The van der Waals surface area contributed by atoms with Crippen LogP contribution in [0, 0.1) is 0 Å². The summed E-state index contributed by atoms with van der Waals surface area (Å²) < 4.78 is 0. The van der Waals surface area contributed by atoms with Crippen LogP contribution in [0.5, 0.6) is 0 Å². The summed E-state index contributed by atoms with van der Waals surface area (Å²) >= 11 is 0. The minimum Gasteiger partial charge on any atom is -0.245 e. The molecule has 0 aromatic heterocycles. The molecule has 1 aliphatic rings. The van der Waals surface area contributed by atoms with Crippen molar-refractivity contribution in [1.82, 2.24) is 0 Å². The van der Waals surface area contributed by atoms with Gasteiger partial charge in [-0.3, -0.25) is 0 Å². The van der Waals surface area contributed by atoms with Crippen molar-refractivity contribution in [3.8, 4) is 0 Å². The van der Waals surface area contributed by atoms with Crippen LogP contribution in [-0.2, 0) is 0 Å². The molecule has 5 aromatic carbocycles. The lowest BCUT2D eigenvalue weighted by Gasteiger charge is -2.05. The van der Waals surface area contributed by atoms with E-state index in [2.05, 4.69) is 84.9 Å². The lowest BCUT2D eigenvalue weighted by atomic mass is 10.0. The van der Waals surface area contributed by atoms with Crippen LogP contribution < -0.4 is 10.7 Å². The molecule has 1 heterocycles. The first kappa shape index (κ1) is 16.6. The molecule has 0 atom stereocenters. The summed E-state index contributed by atoms with van der Waals surface area (Å²) in [5.74, 6) is 0. The molecule has 0 saturated carbocycles. The molecule has 0 bridgehead atoms. The van der Waals surface area contributed by atoms with E-state index in [1.165, 1.54) is 16.2 Å². The Morgan fingerprint density at radius 2 is 0.893 bits per heavy atom. The Balaban J connectivity index is 0.000000829. The van der Waals surface area contributed by atoms with E-state index in [4.69, 9.17) is 9.98 Å². The number of fused-ring (bicyclic) bond motifs is 6. The maximum absolute atomic E-state index is 5.11. The summed E-state index contributed by atoms with van der Waals surface area (Å²) in [5, 5.41) is 8.96. The monoisotopic (exact) mass is 360 g/mol. The zero-order valence-electron chi connectivity index (χ0n) is 16.0. The van der Waals surface area contributed by atoms with E-state index in [-0.39, 0.29) is 0 Å². The molecule has 0 spiro atoms. The fourth-order valence-electron chi connectivity index (χ4n) is 4.06. The lowest BCUT2D eigenvalue weighted by Crippen LogP contribution is -2.26. The van der Waals surface area contributed by atoms with E-state index >= 15 is 0 Å². The van der Waals surface area contributed by atoms with Crippen LogP contribution in [0.25, 0.3) is 32.3 Å². The first-order valence-electron chi connectivity index (χ1n) is 9.79. The van der Waals surface area contributed by atoms with Gasteiger partial charge in [0.2, 0.25) is 0 Å². The van der Waals surface area contributed by atoms with E-state index in [1.807, 2.05) is 13.8 Å². The summed E-state index contributed by atoms with van der Waals surface area (Å²) in [6, 6.07) is 29.5. The van der Waals surface area contributed by atoms with E-state index in [1.54, 1.807) is 0 Å². The molecule has 0 saturated heterocycles. The molecule has 0 fully saturated rings. The number of benzene rings is 5. The van der Waals surface area contributed by atoms with Crippen molar-refractivity contribution in [3.05, 3.63) is 95.6 Å².